The molecule has 0 bridgehead atoms. The third kappa shape index (κ3) is 5.05. The molecule has 2 atom stereocenters. The standard InChI is InChI=1S/C14H17F5N2O2/c1-7(2)10(6-22)20-13(23)21-12(14(17,18)19)8-4-3-5-9(15)11(8)16/h3-5,7,10,12,22H,6H2,1-2H3,(H2,20,21,23)/t10-,12?/m1/s1. The maximum atomic E-state index is 13.6. The van der Waals surface area contributed by atoms with Crippen molar-refractivity contribution in [1.82, 2.24) is 10.6 Å². The van der Waals surface area contributed by atoms with Gasteiger partial charge in [-0.25, -0.2) is 13.6 Å². The Hall–Kier alpha value is -1.90. The van der Waals surface area contributed by atoms with E-state index in [0.717, 1.165) is 12.1 Å². The van der Waals surface area contributed by atoms with E-state index in [1.165, 1.54) is 0 Å². The molecule has 0 fully saturated rings. The normalized spacial score (nSPS) is 14.5. The number of nitrogens with one attached hydrogen (secondary N) is 2. The Kier molecular flexibility index (Phi) is 6.31. The molecule has 0 aliphatic rings. The molecule has 1 rings (SSSR count). The van der Waals surface area contributed by atoms with E-state index in [-0.39, 0.29) is 5.92 Å². The number of carbonyl (C=O) groups excluding carboxylic acids is 1. The zero-order chi connectivity index (χ0) is 17.8. The summed E-state index contributed by atoms with van der Waals surface area (Å²) in [6.45, 7) is 2.82. The SMILES string of the molecule is CC(C)[C@@H](CO)NC(=O)NC(c1cccc(F)c1F)C(F)(F)F. The van der Waals surface area contributed by atoms with E-state index in [1.807, 2.05) is 0 Å². The number of hydrogen-bond donors (Lipinski definition) is 3. The Morgan fingerprint density at radius 3 is 2.30 bits per heavy atom. The van der Waals surface area contributed by atoms with Gasteiger partial charge in [-0.05, 0) is 12.0 Å². The highest BCUT2D eigenvalue weighted by molar-refractivity contribution is 5.75. The van der Waals surface area contributed by atoms with Crippen LogP contribution in [0.3, 0.4) is 0 Å². The fraction of sp³-hybridized carbons (Fsp3) is 0.500. The highest BCUT2D eigenvalue weighted by atomic mass is 19.4. The summed E-state index contributed by atoms with van der Waals surface area (Å²) < 4.78 is 66.0. The van der Waals surface area contributed by atoms with Crippen LogP contribution in [-0.2, 0) is 0 Å². The number of hydrogen-bond acceptors (Lipinski definition) is 2. The second-order valence-electron chi connectivity index (χ2n) is 5.27. The van der Waals surface area contributed by atoms with E-state index in [2.05, 4.69) is 5.32 Å². The average molecular weight is 340 g/mol. The number of aliphatic hydroxyl groups excluding tert-OH is 1. The molecule has 23 heavy (non-hydrogen) atoms. The molecule has 0 aromatic heterocycles. The van der Waals surface area contributed by atoms with Crippen LogP contribution in [0.5, 0.6) is 0 Å². The first-order chi connectivity index (χ1) is 10.6. The van der Waals surface area contributed by atoms with Crippen molar-refractivity contribution in [2.75, 3.05) is 6.61 Å². The third-order valence-corrected chi connectivity index (χ3v) is 3.21. The highest BCUT2D eigenvalue weighted by Gasteiger charge is 2.44. The second-order valence-corrected chi connectivity index (χ2v) is 5.27. The minimum atomic E-state index is -5.03. The van der Waals surface area contributed by atoms with E-state index >= 15 is 0 Å². The molecule has 0 spiro atoms. The largest absolute Gasteiger partial charge is 0.413 e. The summed E-state index contributed by atoms with van der Waals surface area (Å²) in [6.07, 6.45) is -5.03. The molecule has 0 saturated carbocycles. The van der Waals surface area contributed by atoms with Crippen LogP contribution in [-0.4, -0.2) is 30.0 Å². The molecule has 2 amide bonds. The number of alkyl halides is 3. The lowest BCUT2D eigenvalue weighted by molar-refractivity contribution is -0.155. The molecule has 1 aromatic carbocycles. The predicted molar refractivity (Wildman–Crippen MR) is 72.5 cm³/mol. The zero-order valence-electron chi connectivity index (χ0n) is 12.4. The topological polar surface area (TPSA) is 61.4 Å². The van der Waals surface area contributed by atoms with Gasteiger partial charge in [0.2, 0.25) is 0 Å². The van der Waals surface area contributed by atoms with Crippen LogP contribution in [0.4, 0.5) is 26.7 Å². The van der Waals surface area contributed by atoms with Crippen LogP contribution < -0.4 is 10.6 Å². The van der Waals surface area contributed by atoms with Crippen LogP contribution in [0.15, 0.2) is 18.2 Å². The van der Waals surface area contributed by atoms with Crippen LogP contribution in [0, 0.1) is 17.6 Å². The van der Waals surface area contributed by atoms with Gasteiger partial charge in [0.1, 0.15) is 0 Å². The van der Waals surface area contributed by atoms with E-state index in [9.17, 15) is 26.7 Å². The Balaban J connectivity index is 3.01. The summed E-state index contributed by atoms with van der Waals surface area (Å²) in [7, 11) is 0. The van der Waals surface area contributed by atoms with E-state index in [4.69, 9.17) is 5.11 Å². The van der Waals surface area contributed by atoms with Crippen LogP contribution in [0.2, 0.25) is 0 Å². The van der Waals surface area contributed by atoms with Crippen molar-refractivity contribution >= 4 is 6.03 Å². The van der Waals surface area contributed by atoms with Gasteiger partial charge in [0.25, 0.3) is 0 Å². The molecule has 0 aliphatic heterocycles. The van der Waals surface area contributed by atoms with Crippen molar-refractivity contribution in [3.05, 3.63) is 35.4 Å². The van der Waals surface area contributed by atoms with Gasteiger partial charge in [0.05, 0.1) is 12.6 Å². The van der Waals surface area contributed by atoms with Crippen molar-refractivity contribution in [3.8, 4) is 0 Å². The van der Waals surface area contributed by atoms with Gasteiger partial charge in [-0.1, -0.05) is 26.0 Å². The van der Waals surface area contributed by atoms with E-state index in [0.29, 0.717) is 6.07 Å². The van der Waals surface area contributed by atoms with Crippen molar-refractivity contribution in [3.63, 3.8) is 0 Å². The monoisotopic (exact) mass is 340 g/mol. The summed E-state index contributed by atoms with van der Waals surface area (Å²) in [5, 5.41) is 12.8. The summed E-state index contributed by atoms with van der Waals surface area (Å²) in [5.41, 5.74) is -1.03. The molecule has 130 valence electrons. The van der Waals surface area contributed by atoms with Crippen molar-refractivity contribution in [2.45, 2.75) is 32.1 Å². The first-order valence-corrected chi connectivity index (χ1v) is 6.76. The molecule has 0 radical (unpaired) electrons. The van der Waals surface area contributed by atoms with Crippen LogP contribution >= 0.6 is 0 Å². The van der Waals surface area contributed by atoms with Gasteiger partial charge in [-0.2, -0.15) is 13.2 Å². The maximum absolute atomic E-state index is 13.6. The lowest BCUT2D eigenvalue weighted by atomic mass is 10.0. The smallest absolute Gasteiger partial charge is 0.394 e. The van der Waals surface area contributed by atoms with Crippen molar-refractivity contribution in [1.29, 1.82) is 0 Å². The lowest BCUT2D eigenvalue weighted by Crippen LogP contribution is -2.49. The number of rotatable bonds is 5. The summed E-state index contributed by atoms with van der Waals surface area (Å²) >= 11 is 0. The van der Waals surface area contributed by atoms with Crippen LogP contribution in [0.25, 0.3) is 0 Å². The number of halogens is 5. The molecule has 3 N–H and O–H groups in total. The first-order valence-electron chi connectivity index (χ1n) is 6.76. The van der Waals surface area contributed by atoms with Gasteiger partial charge in [0, 0.05) is 5.56 Å². The number of benzene rings is 1. The lowest BCUT2D eigenvalue weighted by Gasteiger charge is -2.25. The zero-order valence-corrected chi connectivity index (χ0v) is 12.4. The Morgan fingerprint density at radius 1 is 1.22 bits per heavy atom. The minimum absolute atomic E-state index is 0.235. The van der Waals surface area contributed by atoms with Crippen molar-refractivity contribution < 1.29 is 31.9 Å². The van der Waals surface area contributed by atoms with Crippen molar-refractivity contribution in [2.24, 2.45) is 5.92 Å². The molecule has 0 saturated heterocycles. The first kappa shape index (κ1) is 19.1. The Bertz CT molecular complexity index is 548. The molecule has 0 aliphatic carbocycles. The van der Waals surface area contributed by atoms with E-state index in [1.54, 1.807) is 19.2 Å². The third-order valence-electron chi connectivity index (χ3n) is 3.21. The Labute approximate surface area is 129 Å². The van der Waals surface area contributed by atoms with Gasteiger partial charge < -0.3 is 15.7 Å². The summed E-state index contributed by atoms with van der Waals surface area (Å²) in [5.74, 6) is -3.37. The molecular formula is C14H17F5N2O2. The van der Waals surface area contributed by atoms with Gasteiger partial charge in [0.15, 0.2) is 17.7 Å². The maximum Gasteiger partial charge on any atom is 0.413 e. The molecule has 9 heteroatoms. The average Bonchev–Trinajstić information content (AvgIpc) is 2.44. The molecule has 0 heterocycles. The van der Waals surface area contributed by atoms with Crippen LogP contribution in [0.1, 0.15) is 25.5 Å². The molecule has 4 nitrogen and oxygen atoms in total. The quantitative estimate of drug-likeness (QED) is 0.722. The fourth-order valence-electron chi connectivity index (χ4n) is 1.84. The predicted octanol–water partition coefficient (Wildman–Crippen LogP) is 2.88. The van der Waals surface area contributed by atoms with E-state index < -0.39 is 48.1 Å². The summed E-state index contributed by atoms with van der Waals surface area (Å²) in [4.78, 5) is 11.7. The fourth-order valence-corrected chi connectivity index (χ4v) is 1.84. The second kappa shape index (κ2) is 7.58. The Morgan fingerprint density at radius 2 is 1.83 bits per heavy atom. The minimum Gasteiger partial charge on any atom is -0.394 e. The number of aliphatic hydroxyl groups is 1. The van der Waals surface area contributed by atoms with Gasteiger partial charge >= 0.3 is 12.2 Å². The molecule has 1 unspecified atom stereocenters. The molecule has 1 aromatic rings. The number of amides is 2. The number of urea groups is 1. The summed E-state index contributed by atoms with van der Waals surface area (Å²) in [6, 6.07) is -2.42. The molecular weight excluding hydrogens is 323 g/mol. The highest BCUT2D eigenvalue weighted by Crippen LogP contribution is 2.34. The van der Waals surface area contributed by atoms with Gasteiger partial charge in [-0.3, -0.25) is 0 Å². The van der Waals surface area contributed by atoms with Gasteiger partial charge in [-0.15, -0.1) is 0 Å². The number of carbonyl (C=O) groups is 1.